The molecule has 1 aromatic heterocycles. The van der Waals surface area contributed by atoms with Gasteiger partial charge in [-0.2, -0.15) is 0 Å². The Kier molecular flexibility index (Phi) is 4.45. The molecule has 0 radical (unpaired) electrons. The Morgan fingerprint density at radius 3 is 2.59 bits per heavy atom. The van der Waals surface area contributed by atoms with Gasteiger partial charge in [0.15, 0.2) is 5.82 Å². The lowest BCUT2D eigenvalue weighted by Crippen LogP contribution is -2.32. The zero-order valence-electron chi connectivity index (χ0n) is 10.9. The molecular weight excluding hydrogens is 214 g/mol. The van der Waals surface area contributed by atoms with Gasteiger partial charge in [0.25, 0.3) is 0 Å². The van der Waals surface area contributed by atoms with Crippen molar-refractivity contribution in [3.8, 4) is 0 Å². The number of anilines is 2. The van der Waals surface area contributed by atoms with E-state index in [1.807, 2.05) is 19.9 Å². The fourth-order valence-electron chi connectivity index (χ4n) is 1.80. The summed E-state index contributed by atoms with van der Waals surface area (Å²) in [7, 11) is 0. The predicted molar refractivity (Wildman–Crippen MR) is 72.1 cm³/mol. The third-order valence-electron chi connectivity index (χ3n) is 2.69. The van der Waals surface area contributed by atoms with Crippen LogP contribution in [0.1, 0.15) is 33.3 Å². The van der Waals surface area contributed by atoms with E-state index in [0.29, 0.717) is 24.1 Å². The van der Waals surface area contributed by atoms with Gasteiger partial charge in [0.05, 0.1) is 5.56 Å². The number of nitrogens with zero attached hydrogens (tertiary/aromatic N) is 3. The van der Waals surface area contributed by atoms with E-state index < -0.39 is 0 Å². The van der Waals surface area contributed by atoms with Gasteiger partial charge >= 0.3 is 0 Å². The Bertz CT molecular complexity index is 411. The van der Waals surface area contributed by atoms with Crippen LogP contribution in [0.3, 0.4) is 0 Å². The van der Waals surface area contributed by atoms with Crippen molar-refractivity contribution < 1.29 is 0 Å². The minimum atomic E-state index is 0.345. The first kappa shape index (κ1) is 13.4. The Morgan fingerprint density at radius 1 is 1.47 bits per heavy atom. The number of nitrogen functional groups attached to an aromatic ring is 1. The molecule has 17 heavy (non-hydrogen) atoms. The van der Waals surface area contributed by atoms with Crippen molar-refractivity contribution >= 4 is 17.2 Å². The van der Waals surface area contributed by atoms with Crippen molar-refractivity contribution in [2.45, 2.75) is 27.7 Å². The number of rotatable bonds is 4. The molecule has 0 bridgehead atoms. The molecule has 5 nitrogen and oxygen atoms in total. The van der Waals surface area contributed by atoms with Gasteiger partial charge in [-0.25, -0.2) is 15.8 Å². The SMILES string of the molecule is C/C=C(\c1c(N)ncnc1N(N)CC)C(C)C. The molecule has 94 valence electrons. The summed E-state index contributed by atoms with van der Waals surface area (Å²) >= 11 is 0. The van der Waals surface area contributed by atoms with E-state index in [1.54, 1.807) is 5.01 Å². The Hall–Kier alpha value is -1.62. The molecular formula is C12H21N5. The first-order valence-corrected chi connectivity index (χ1v) is 5.82. The van der Waals surface area contributed by atoms with Gasteiger partial charge < -0.3 is 5.73 Å². The molecule has 0 aliphatic heterocycles. The van der Waals surface area contributed by atoms with E-state index in [9.17, 15) is 0 Å². The fourth-order valence-corrected chi connectivity index (χ4v) is 1.80. The smallest absolute Gasteiger partial charge is 0.155 e. The molecule has 1 rings (SSSR count). The second-order valence-electron chi connectivity index (χ2n) is 4.14. The number of hydrogen-bond donors (Lipinski definition) is 2. The van der Waals surface area contributed by atoms with Crippen LogP contribution >= 0.6 is 0 Å². The van der Waals surface area contributed by atoms with Crippen LogP contribution in [0.4, 0.5) is 11.6 Å². The van der Waals surface area contributed by atoms with Gasteiger partial charge in [0.2, 0.25) is 0 Å². The van der Waals surface area contributed by atoms with Crippen molar-refractivity contribution in [3.63, 3.8) is 0 Å². The summed E-state index contributed by atoms with van der Waals surface area (Å²) in [6, 6.07) is 0. The first-order valence-electron chi connectivity index (χ1n) is 5.82. The quantitative estimate of drug-likeness (QED) is 0.614. The minimum Gasteiger partial charge on any atom is -0.383 e. The lowest BCUT2D eigenvalue weighted by Gasteiger charge is -2.22. The van der Waals surface area contributed by atoms with Gasteiger partial charge in [0, 0.05) is 6.54 Å². The van der Waals surface area contributed by atoms with Crippen LogP contribution < -0.4 is 16.6 Å². The second-order valence-corrected chi connectivity index (χ2v) is 4.14. The fraction of sp³-hybridized carbons (Fsp3) is 0.500. The highest BCUT2D eigenvalue weighted by molar-refractivity contribution is 5.81. The molecule has 1 heterocycles. The van der Waals surface area contributed by atoms with Crippen molar-refractivity contribution in [1.82, 2.24) is 9.97 Å². The molecule has 0 aromatic carbocycles. The topological polar surface area (TPSA) is 81.1 Å². The summed E-state index contributed by atoms with van der Waals surface area (Å²) in [5.74, 6) is 7.42. The van der Waals surface area contributed by atoms with Crippen molar-refractivity contribution in [1.29, 1.82) is 0 Å². The molecule has 0 saturated carbocycles. The van der Waals surface area contributed by atoms with E-state index in [0.717, 1.165) is 11.1 Å². The average Bonchev–Trinajstić information content (AvgIpc) is 2.30. The monoisotopic (exact) mass is 235 g/mol. The summed E-state index contributed by atoms with van der Waals surface area (Å²) in [6.07, 6.45) is 3.48. The van der Waals surface area contributed by atoms with Gasteiger partial charge in [-0.1, -0.05) is 19.9 Å². The third-order valence-corrected chi connectivity index (χ3v) is 2.69. The van der Waals surface area contributed by atoms with Gasteiger partial charge in [0.1, 0.15) is 12.1 Å². The zero-order valence-corrected chi connectivity index (χ0v) is 10.9. The molecule has 0 unspecified atom stereocenters. The molecule has 1 aromatic rings. The van der Waals surface area contributed by atoms with E-state index >= 15 is 0 Å². The Labute approximate surface area is 103 Å². The van der Waals surface area contributed by atoms with Crippen LogP contribution in [0, 0.1) is 5.92 Å². The second kappa shape index (κ2) is 5.63. The molecule has 0 fully saturated rings. The number of hydrogen-bond acceptors (Lipinski definition) is 5. The van der Waals surface area contributed by atoms with Crippen molar-refractivity contribution in [2.24, 2.45) is 11.8 Å². The van der Waals surface area contributed by atoms with Crippen molar-refractivity contribution in [2.75, 3.05) is 17.3 Å². The highest BCUT2D eigenvalue weighted by Gasteiger charge is 2.18. The van der Waals surface area contributed by atoms with Crippen LogP contribution in [0.25, 0.3) is 5.57 Å². The molecule has 0 amide bonds. The summed E-state index contributed by atoms with van der Waals surface area (Å²) < 4.78 is 0. The average molecular weight is 235 g/mol. The summed E-state index contributed by atoms with van der Waals surface area (Å²) in [5.41, 5.74) is 7.91. The van der Waals surface area contributed by atoms with Crippen LogP contribution in [0.15, 0.2) is 12.4 Å². The van der Waals surface area contributed by atoms with Crippen LogP contribution in [0.5, 0.6) is 0 Å². The van der Waals surface area contributed by atoms with Gasteiger partial charge in [-0.15, -0.1) is 0 Å². The number of nitrogens with two attached hydrogens (primary N) is 2. The summed E-state index contributed by atoms with van der Waals surface area (Å²) in [6.45, 7) is 8.83. The third kappa shape index (κ3) is 2.74. The maximum Gasteiger partial charge on any atom is 0.155 e. The van der Waals surface area contributed by atoms with Gasteiger partial charge in [-0.05, 0) is 25.3 Å². The number of hydrazine groups is 1. The molecule has 0 aliphatic rings. The molecule has 0 saturated heterocycles. The zero-order chi connectivity index (χ0) is 13.0. The van der Waals surface area contributed by atoms with Crippen LogP contribution in [-0.4, -0.2) is 16.5 Å². The van der Waals surface area contributed by atoms with Crippen molar-refractivity contribution in [3.05, 3.63) is 18.0 Å². The lowest BCUT2D eigenvalue weighted by molar-refractivity contribution is 0.832. The Morgan fingerprint density at radius 2 is 2.12 bits per heavy atom. The molecule has 0 spiro atoms. The van der Waals surface area contributed by atoms with E-state index in [-0.39, 0.29) is 0 Å². The van der Waals surface area contributed by atoms with Crippen LogP contribution in [-0.2, 0) is 0 Å². The highest BCUT2D eigenvalue weighted by atomic mass is 15.4. The first-order chi connectivity index (χ1) is 8.02. The molecule has 5 heteroatoms. The largest absolute Gasteiger partial charge is 0.383 e. The Balaban J connectivity index is 3.39. The van der Waals surface area contributed by atoms with Gasteiger partial charge in [-0.3, -0.25) is 5.01 Å². The predicted octanol–water partition coefficient (Wildman–Crippen LogP) is 1.82. The molecule has 0 aliphatic carbocycles. The maximum atomic E-state index is 5.95. The molecule has 0 atom stereocenters. The van der Waals surface area contributed by atoms with E-state index in [4.69, 9.17) is 11.6 Å². The molecule has 4 N–H and O–H groups in total. The maximum absolute atomic E-state index is 5.95. The number of aromatic nitrogens is 2. The van der Waals surface area contributed by atoms with E-state index in [2.05, 4.69) is 23.8 Å². The minimum absolute atomic E-state index is 0.345. The standard InChI is InChI=1S/C12H21N5/c1-5-9(8(3)4)10-11(13)15-7-16-12(10)17(14)6-2/h5,7-8H,6,14H2,1-4H3,(H2,13,15,16)/b9-5-. The summed E-state index contributed by atoms with van der Waals surface area (Å²) in [5, 5.41) is 1.58. The number of allylic oxidation sites excluding steroid dienone is 2. The van der Waals surface area contributed by atoms with E-state index in [1.165, 1.54) is 6.33 Å². The van der Waals surface area contributed by atoms with Crippen LogP contribution in [0.2, 0.25) is 0 Å². The highest BCUT2D eigenvalue weighted by Crippen LogP contribution is 2.32. The summed E-state index contributed by atoms with van der Waals surface area (Å²) in [4.78, 5) is 8.28. The normalized spacial score (nSPS) is 12.0. The lowest BCUT2D eigenvalue weighted by atomic mass is 9.95.